The Morgan fingerprint density at radius 1 is 1.36 bits per heavy atom. The third-order valence-electron chi connectivity index (χ3n) is 2.92. The van der Waals surface area contributed by atoms with Crippen LogP contribution >= 0.6 is 0 Å². The SMILES string of the molecule is CC(C)(CNC1CCCCC1)[N+](=O)[O-]. The number of nitrogens with one attached hydrogen (secondary N) is 1. The number of nitro groups is 1. The van der Waals surface area contributed by atoms with Crippen LogP contribution in [0.15, 0.2) is 0 Å². The summed E-state index contributed by atoms with van der Waals surface area (Å²) in [5.74, 6) is 0. The maximum absolute atomic E-state index is 10.7. The minimum Gasteiger partial charge on any atom is -0.307 e. The summed E-state index contributed by atoms with van der Waals surface area (Å²) in [5, 5.41) is 14.0. The van der Waals surface area contributed by atoms with Gasteiger partial charge in [0.2, 0.25) is 5.54 Å². The molecule has 82 valence electrons. The van der Waals surface area contributed by atoms with Gasteiger partial charge in [-0.2, -0.15) is 0 Å². The van der Waals surface area contributed by atoms with Gasteiger partial charge in [-0.3, -0.25) is 10.1 Å². The number of rotatable bonds is 4. The zero-order valence-electron chi connectivity index (χ0n) is 9.08. The summed E-state index contributed by atoms with van der Waals surface area (Å²) in [5.41, 5.74) is -0.836. The predicted molar refractivity (Wildman–Crippen MR) is 55.9 cm³/mol. The maximum Gasteiger partial charge on any atom is 0.229 e. The summed E-state index contributed by atoms with van der Waals surface area (Å²) < 4.78 is 0. The molecule has 0 aromatic rings. The van der Waals surface area contributed by atoms with E-state index in [1.165, 1.54) is 32.1 Å². The lowest BCUT2D eigenvalue weighted by molar-refractivity contribution is -0.558. The summed E-state index contributed by atoms with van der Waals surface area (Å²) in [6.45, 7) is 3.82. The first-order valence-electron chi connectivity index (χ1n) is 5.40. The molecule has 0 radical (unpaired) electrons. The fourth-order valence-corrected chi connectivity index (χ4v) is 1.77. The first-order chi connectivity index (χ1) is 6.52. The van der Waals surface area contributed by atoms with Gasteiger partial charge in [-0.1, -0.05) is 19.3 Å². The second-order valence-corrected chi connectivity index (χ2v) is 4.79. The second-order valence-electron chi connectivity index (χ2n) is 4.79. The Labute approximate surface area is 85.2 Å². The first kappa shape index (κ1) is 11.4. The monoisotopic (exact) mass is 200 g/mol. The van der Waals surface area contributed by atoms with Crippen molar-refractivity contribution in [2.24, 2.45) is 0 Å². The minimum absolute atomic E-state index is 0.206. The van der Waals surface area contributed by atoms with Gasteiger partial charge in [0.05, 0.1) is 6.54 Å². The molecule has 0 saturated heterocycles. The van der Waals surface area contributed by atoms with Gasteiger partial charge in [0, 0.05) is 24.8 Å². The molecule has 1 N–H and O–H groups in total. The van der Waals surface area contributed by atoms with Crippen LogP contribution in [0, 0.1) is 10.1 Å². The molecule has 1 rings (SSSR count). The van der Waals surface area contributed by atoms with Gasteiger partial charge in [0.15, 0.2) is 0 Å². The van der Waals surface area contributed by atoms with Crippen molar-refractivity contribution < 1.29 is 4.92 Å². The highest BCUT2D eigenvalue weighted by molar-refractivity contribution is 4.77. The smallest absolute Gasteiger partial charge is 0.229 e. The Bertz CT molecular complexity index is 198. The van der Waals surface area contributed by atoms with Gasteiger partial charge in [0.25, 0.3) is 0 Å². The molecule has 1 saturated carbocycles. The zero-order valence-corrected chi connectivity index (χ0v) is 9.08. The lowest BCUT2D eigenvalue weighted by Crippen LogP contribution is -2.46. The highest BCUT2D eigenvalue weighted by atomic mass is 16.6. The fraction of sp³-hybridized carbons (Fsp3) is 1.00. The van der Waals surface area contributed by atoms with Gasteiger partial charge >= 0.3 is 0 Å². The fourth-order valence-electron chi connectivity index (χ4n) is 1.77. The van der Waals surface area contributed by atoms with Crippen LogP contribution in [0.4, 0.5) is 0 Å². The topological polar surface area (TPSA) is 55.2 Å². The van der Waals surface area contributed by atoms with Gasteiger partial charge in [0.1, 0.15) is 0 Å². The van der Waals surface area contributed by atoms with Crippen molar-refractivity contribution in [2.75, 3.05) is 6.54 Å². The van der Waals surface area contributed by atoms with Crippen molar-refractivity contribution in [1.82, 2.24) is 5.32 Å². The van der Waals surface area contributed by atoms with Crippen molar-refractivity contribution in [3.63, 3.8) is 0 Å². The Morgan fingerprint density at radius 3 is 2.43 bits per heavy atom. The lowest BCUT2D eigenvalue weighted by Gasteiger charge is -2.25. The standard InChI is InChI=1S/C10H20N2O2/c1-10(2,12(13)14)8-11-9-6-4-3-5-7-9/h9,11H,3-8H2,1-2H3. The average molecular weight is 200 g/mol. The number of nitrogens with zero attached hydrogens (tertiary/aromatic N) is 1. The van der Waals surface area contributed by atoms with E-state index in [2.05, 4.69) is 5.32 Å². The third kappa shape index (κ3) is 3.25. The van der Waals surface area contributed by atoms with Crippen LogP contribution in [0.1, 0.15) is 46.0 Å². The van der Waals surface area contributed by atoms with Crippen LogP contribution in [0.3, 0.4) is 0 Å². The minimum atomic E-state index is -0.836. The van der Waals surface area contributed by atoms with E-state index in [9.17, 15) is 10.1 Å². The Morgan fingerprint density at radius 2 is 1.93 bits per heavy atom. The van der Waals surface area contributed by atoms with Crippen molar-refractivity contribution in [3.8, 4) is 0 Å². The third-order valence-corrected chi connectivity index (χ3v) is 2.92. The van der Waals surface area contributed by atoms with Gasteiger partial charge in [-0.25, -0.2) is 0 Å². The van der Waals surface area contributed by atoms with Crippen LogP contribution in [0.25, 0.3) is 0 Å². The van der Waals surface area contributed by atoms with Crippen LogP contribution in [-0.2, 0) is 0 Å². The maximum atomic E-state index is 10.7. The molecule has 0 aliphatic heterocycles. The summed E-state index contributed by atoms with van der Waals surface area (Å²) >= 11 is 0. The molecule has 0 aromatic carbocycles. The molecule has 0 amide bonds. The molecule has 0 atom stereocenters. The molecule has 0 aromatic heterocycles. The average Bonchev–Trinajstić information content (AvgIpc) is 2.16. The van der Waals surface area contributed by atoms with E-state index < -0.39 is 5.54 Å². The second kappa shape index (κ2) is 4.73. The summed E-state index contributed by atoms with van der Waals surface area (Å²) in [6.07, 6.45) is 6.19. The highest BCUT2D eigenvalue weighted by Gasteiger charge is 2.31. The number of hydrogen-bond acceptors (Lipinski definition) is 3. The van der Waals surface area contributed by atoms with E-state index in [0.29, 0.717) is 12.6 Å². The number of hydrogen-bond donors (Lipinski definition) is 1. The molecule has 0 unspecified atom stereocenters. The first-order valence-corrected chi connectivity index (χ1v) is 5.40. The zero-order chi connectivity index (χ0) is 10.6. The molecule has 4 nitrogen and oxygen atoms in total. The quantitative estimate of drug-likeness (QED) is 0.557. The lowest BCUT2D eigenvalue weighted by atomic mass is 9.94. The molecule has 0 spiro atoms. The summed E-state index contributed by atoms with van der Waals surface area (Å²) in [4.78, 5) is 10.5. The van der Waals surface area contributed by atoms with Crippen molar-refractivity contribution >= 4 is 0 Å². The van der Waals surface area contributed by atoms with E-state index in [1.54, 1.807) is 13.8 Å². The molecule has 0 bridgehead atoms. The molecule has 14 heavy (non-hydrogen) atoms. The van der Waals surface area contributed by atoms with E-state index in [1.807, 2.05) is 0 Å². The van der Waals surface area contributed by atoms with E-state index in [0.717, 1.165) is 0 Å². The Kier molecular flexibility index (Phi) is 3.86. The highest BCUT2D eigenvalue weighted by Crippen LogP contribution is 2.18. The summed E-state index contributed by atoms with van der Waals surface area (Å²) in [6, 6.07) is 0.503. The molecule has 4 heteroatoms. The van der Waals surface area contributed by atoms with Gasteiger partial charge in [-0.05, 0) is 12.8 Å². The van der Waals surface area contributed by atoms with Crippen molar-refractivity contribution in [1.29, 1.82) is 0 Å². The predicted octanol–water partition coefficient (Wildman–Crippen LogP) is 1.96. The molecular formula is C10H20N2O2. The van der Waals surface area contributed by atoms with Gasteiger partial charge < -0.3 is 5.32 Å². The normalized spacial score (nSPS) is 19.6. The Hall–Kier alpha value is -0.640. The molecule has 1 aliphatic carbocycles. The van der Waals surface area contributed by atoms with Crippen molar-refractivity contribution in [3.05, 3.63) is 10.1 Å². The molecule has 1 aliphatic rings. The van der Waals surface area contributed by atoms with E-state index in [-0.39, 0.29) is 4.92 Å². The van der Waals surface area contributed by atoms with Crippen LogP contribution in [0.2, 0.25) is 0 Å². The molecule has 1 fully saturated rings. The van der Waals surface area contributed by atoms with E-state index >= 15 is 0 Å². The molecular weight excluding hydrogens is 180 g/mol. The van der Waals surface area contributed by atoms with Crippen LogP contribution in [-0.4, -0.2) is 23.0 Å². The van der Waals surface area contributed by atoms with Crippen LogP contribution in [0.5, 0.6) is 0 Å². The van der Waals surface area contributed by atoms with Crippen LogP contribution < -0.4 is 5.32 Å². The Balaban J connectivity index is 2.28. The van der Waals surface area contributed by atoms with Gasteiger partial charge in [-0.15, -0.1) is 0 Å². The summed E-state index contributed by atoms with van der Waals surface area (Å²) in [7, 11) is 0. The van der Waals surface area contributed by atoms with Crippen molar-refractivity contribution in [2.45, 2.75) is 57.5 Å². The van der Waals surface area contributed by atoms with E-state index in [4.69, 9.17) is 0 Å². The molecule has 0 heterocycles. The largest absolute Gasteiger partial charge is 0.307 e.